The standard InChI is InChI=1S/C45H88NO8P/c1-6-8-10-12-14-16-18-20-21-22-23-24-26-28-30-32-34-36-38-45(48)54-43(42-53-55(49,50)52-40-39-46(3,4)5)41-51-44(47)37-35-33-31-29-27-25-19-17-15-13-11-9-7-2/h21-22,43H,6-20,23-42H2,1-5H3/b22-21-. The molecular formula is C45H88NO8P. The van der Waals surface area contributed by atoms with Gasteiger partial charge >= 0.3 is 11.9 Å². The second-order valence-electron chi connectivity index (χ2n) is 16.8. The van der Waals surface area contributed by atoms with Gasteiger partial charge in [0, 0.05) is 12.8 Å². The van der Waals surface area contributed by atoms with Crippen molar-refractivity contribution >= 4 is 19.8 Å². The number of allylic oxidation sites excluding steroid dienone is 2. The number of ether oxygens (including phenoxy) is 2. The number of esters is 2. The molecule has 0 aromatic heterocycles. The SMILES string of the molecule is CCCCCCCCC/C=C\CCCCCCCCCC(=O)OC(COC(=O)CCCCCCCCCCCCCCC)COP(=O)([O-])OCC[N+](C)(C)C. The predicted octanol–water partition coefficient (Wildman–Crippen LogP) is 12.3. The van der Waals surface area contributed by atoms with Crippen LogP contribution in [0.5, 0.6) is 0 Å². The van der Waals surface area contributed by atoms with Crippen molar-refractivity contribution in [1.29, 1.82) is 0 Å². The van der Waals surface area contributed by atoms with Gasteiger partial charge in [-0.1, -0.05) is 174 Å². The summed E-state index contributed by atoms with van der Waals surface area (Å²) in [5.74, 6) is -0.829. The lowest BCUT2D eigenvalue weighted by Gasteiger charge is -2.28. The van der Waals surface area contributed by atoms with Crippen LogP contribution in [0, 0.1) is 0 Å². The van der Waals surface area contributed by atoms with Crippen molar-refractivity contribution in [3.05, 3.63) is 12.2 Å². The Morgan fingerprint density at radius 1 is 0.545 bits per heavy atom. The lowest BCUT2D eigenvalue weighted by molar-refractivity contribution is -0.870. The van der Waals surface area contributed by atoms with E-state index in [0.717, 1.165) is 44.9 Å². The zero-order chi connectivity index (χ0) is 40.7. The number of quaternary nitrogens is 1. The molecule has 326 valence electrons. The molecule has 0 saturated heterocycles. The number of carbonyl (C=O) groups is 2. The van der Waals surface area contributed by atoms with Crippen molar-refractivity contribution in [3.8, 4) is 0 Å². The highest BCUT2D eigenvalue weighted by Crippen LogP contribution is 2.38. The summed E-state index contributed by atoms with van der Waals surface area (Å²) in [6, 6.07) is 0. The summed E-state index contributed by atoms with van der Waals surface area (Å²) in [5, 5.41) is 0. The van der Waals surface area contributed by atoms with E-state index < -0.39 is 26.5 Å². The van der Waals surface area contributed by atoms with E-state index in [1.807, 2.05) is 21.1 Å². The van der Waals surface area contributed by atoms with Gasteiger partial charge < -0.3 is 27.9 Å². The topological polar surface area (TPSA) is 111 Å². The summed E-state index contributed by atoms with van der Waals surface area (Å²) in [7, 11) is 1.17. The van der Waals surface area contributed by atoms with Crippen LogP contribution in [0.4, 0.5) is 0 Å². The molecule has 0 N–H and O–H groups in total. The van der Waals surface area contributed by atoms with Crippen molar-refractivity contribution < 1.29 is 42.1 Å². The number of rotatable bonds is 42. The molecule has 0 saturated carbocycles. The first-order chi connectivity index (χ1) is 26.5. The molecule has 0 aliphatic heterocycles. The van der Waals surface area contributed by atoms with Gasteiger partial charge in [0.05, 0.1) is 27.7 Å². The molecule has 0 aliphatic carbocycles. The van der Waals surface area contributed by atoms with Gasteiger partial charge in [-0.15, -0.1) is 0 Å². The molecule has 0 aromatic carbocycles. The second-order valence-corrected chi connectivity index (χ2v) is 18.2. The summed E-state index contributed by atoms with van der Waals surface area (Å²) >= 11 is 0. The highest BCUT2D eigenvalue weighted by atomic mass is 31.2. The van der Waals surface area contributed by atoms with Crippen molar-refractivity contribution in [3.63, 3.8) is 0 Å². The maximum Gasteiger partial charge on any atom is 0.306 e. The number of unbranched alkanes of at least 4 members (excludes halogenated alkanes) is 26. The molecule has 9 nitrogen and oxygen atoms in total. The van der Waals surface area contributed by atoms with E-state index in [-0.39, 0.29) is 32.0 Å². The first-order valence-corrected chi connectivity index (χ1v) is 24.4. The van der Waals surface area contributed by atoms with Crippen molar-refractivity contribution in [2.24, 2.45) is 0 Å². The maximum atomic E-state index is 12.7. The Hall–Kier alpha value is -1.25. The summed E-state index contributed by atoms with van der Waals surface area (Å²) in [4.78, 5) is 37.5. The van der Waals surface area contributed by atoms with Crippen LogP contribution in [0.15, 0.2) is 12.2 Å². The number of likely N-dealkylation sites (N-methyl/N-ethyl adjacent to an activating group) is 1. The first kappa shape index (κ1) is 53.8. The van der Waals surface area contributed by atoms with E-state index in [1.165, 1.54) is 135 Å². The highest BCUT2D eigenvalue weighted by Gasteiger charge is 2.21. The van der Waals surface area contributed by atoms with Crippen molar-refractivity contribution in [2.75, 3.05) is 47.5 Å². The smallest absolute Gasteiger partial charge is 0.306 e. The molecule has 2 atom stereocenters. The van der Waals surface area contributed by atoms with E-state index >= 15 is 0 Å². The summed E-state index contributed by atoms with van der Waals surface area (Å²) in [6.45, 7) is 4.24. The predicted molar refractivity (Wildman–Crippen MR) is 227 cm³/mol. The minimum Gasteiger partial charge on any atom is -0.756 e. The zero-order valence-corrected chi connectivity index (χ0v) is 37.5. The minimum absolute atomic E-state index is 0.0285. The van der Waals surface area contributed by atoms with Crippen LogP contribution >= 0.6 is 7.82 Å². The highest BCUT2D eigenvalue weighted by molar-refractivity contribution is 7.45. The van der Waals surface area contributed by atoms with Crippen LogP contribution in [0.25, 0.3) is 0 Å². The van der Waals surface area contributed by atoms with Crippen LogP contribution in [0.1, 0.15) is 213 Å². The number of phosphoric ester groups is 1. The van der Waals surface area contributed by atoms with Gasteiger partial charge in [0.25, 0.3) is 7.82 Å². The molecule has 2 unspecified atom stereocenters. The lowest BCUT2D eigenvalue weighted by atomic mass is 10.0. The third-order valence-electron chi connectivity index (χ3n) is 10.0. The Labute approximate surface area is 339 Å². The van der Waals surface area contributed by atoms with Gasteiger partial charge in [-0.25, -0.2) is 0 Å². The van der Waals surface area contributed by atoms with Gasteiger partial charge in [-0.05, 0) is 38.5 Å². The fraction of sp³-hybridized carbons (Fsp3) is 0.911. The Morgan fingerprint density at radius 3 is 1.35 bits per heavy atom. The molecule has 0 heterocycles. The molecular weight excluding hydrogens is 713 g/mol. The third-order valence-corrected chi connectivity index (χ3v) is 11.0. The number of nitrogens with zero attached hydrogens (tertiary/aromatic N) is 1. The summed E-state index contributed by atoms with van der Waals surface area (Å²) in [5.41, 5.74) is 0. The molecule has 0 aliphatic rings. The monoisotopic (exact) mass is 802 g/mol. The van der Waals surface area contributed by atoms with Gasteiger partial charge in [0.15, 0.2) is 6.10 Å². The van der Waals surface area contributed by atoms with Gasteiger partial charge in [-0.3, -0.25) is 14.2 Å². The van der Waals surface area contributed by atoms with E-state index in [1.54, 1.807) is 0 Å². The molecule has 0 aromatic rings. The Balaban J connectivity index is 4.31. The van der Waals surface area contributed by atoms with Crippen molar-refractivity contribution in [1.82, 2.24) is 0 Å². The Kier molecular flexibility index (Phi) is 37.4. The molecule has 0 fully saturated rings. The van der Waals surface area contributed by atoms with Crippen LogP contribution in [-0.2, 0) is 32.7 Å². The molecule has 0 amide bonds. The number of hydrogen-bond acceptors (Lipinski definition) is 8. The van der Waals surface area contributed by atoms with Crippen molar-refractivity contribution in [2.45, 2.75) is 219 Å². The number of hydrogen-bond donors (Lipinski definition) is 0. The molecule has 55 heavy (non-hydrogen) atoms. The van der Waals surface area contributed by atoms with Gasteiger partial charge in [-0.2, -0.15) is 0 Å². The molecule has 0 radical (unpaired) electrons. The number of carbonyl (C=O) groups excluding carboxylic acids is 2. The summed E-state index contributed by atoms with van der Waals surface area (Å²) in [6.07, 6.45) is 39.4. The fourth-order valence-corrected chi connectivity index (χ4v) is 7.14. The van der Waals surface area contributed by atoms with Gasteiger partial charge in [0.1, 0.15) is 19.8 Å². The van der Waals surface area contributed by atoms with E-state index in [0.29, 0.717) is 17.4 Å². The molecule has 10 heteroatoms. The van der Waals surface area contributed by atoms with Crippen LogP contribution in [0.2, 0.25) is 0 Å². The van der Waals surface area contributed by atoms with Crippen LogP contribution in [-0.4, -0.2) is 70.0 Å². The van der Waals surface area contributed by atoms with Crippen LogP contribution < -0.4 is 4.89 Å². The van der Waals surface area contributed by atoms with E-state index in [9.17, 15) is 19.0 Å². The molecule has 0 spiro atoms. The quantitative estimate of drug-likeness (QED) is 0.0197. The summed E-state index contributed by atoms with van der Waals surface area (Å²) < 4.78 is 33.9. The minimum atomic E-state index is -4.62. The maximum absolute atomic E-state index is 12.7. The average molecular weight is 802 g/mol. The largest absolute Gasteiger partial charge is 0.756 e. The van der Waals surface area contributed by atoms with E-state index in [4.69, 9.17) is 18.5 Å². The molecule has 0 rings (SSSR count). The Morgan fingerprint density at radius 2 is 0.927 bits per heavy atom. The Bertz CT molecular complexity index is 954. The fourth-order valence-electron chi connectivity index (χ4n) is 6.41. The third kappa shape index (κ3) is 42.2. The zero-order valence-electron chi connectivity index (χ0n) is 36.6. The molecule has 0 bridgehead atoms. The average Bonchev–Trinajstić information content (AvgIpc) is 3.13. The normalized spacial score (nSPS) is 13.6. The van der Waals surface area contributed by atoms with Crippen LogP contribution in [0.3, 0.4) is 0 Å². The van der Waals surface area contributed by atoms with Gasteiger partial charge in [0.2, 0.25) is 0 Å². The number of phosphoric acid groups is 1. The second kappa shape index (κ2) is 38.3. The van der Waals surface area contributed by atoms with E-state index in [2.05, 4.69) is 26.0 Å². The first-order valence-electron chi connectivity index (χ1n) is 22.9. The lowest BCUT2D eigenvalue weighted by Crippen LogP contribution is -2.37.